The summed E-state index contributed by atoms with van der Waals surface area (Å²) in [5.74, 6) is -0.495. The van der Waals surface area contributed by atoms with Gasteiger partial charge in [-0.25, -0.2) is 0 Å². The van der Waals surface area contributed by atoms with E-state index in [1.165, 1.54) is 21.1 Å². The molecular formula is C19H22N4O2. The molecule has 1 saturated heterocycles. The monoisotopic (exact) mass is 338 g/mol. The average molecular weight is 338 g/mol. The van der Waals surface area contributed by atoms with Crippen molar-refractivity contribution in [2.45, 2.75) is 31.8 Å². The van der Waals surface area contributed by atoms with Gasteiger partial charge in [-0.2, -0.15) is 5.10 Å². The van der Waals surface area contributed by atoms with Crippen LogP contribution >= 0.6 is 0 Å². The van der Waals surface area contributed by atoms with Gasteiger partial charge in [0.15, 0.2) is 0 Å². The molecule has 130 valence electrons. The maximum Gasteiger partial charge on any atom is 0.325 e. The third-order valence-corrected chi connectivity index (χ3v) is 4.95. The van der Waals surface area contributed by atoms with Gasteiger partial charge in [0.05, 0.1) is 5.69 Å². The molecule has 4 rings (SSSR count). The van der Waals surface area contributed by atoms with Crippen LogP contribution in [0.15, 0.2) is 42.7 Å². The Kier molecular flexibility index (Phi) is 4.28. The van der Waals surface area contributed by atoms with Crippen LogP contribution in [-0.4, -0.2) is 43.8 Å². The van der Waals surface area contributed by atoms with E-state index in [4.69, 9.17) is 5.11 Å². The van der Waals surface area contributed by atoms with Crippen molar-refractivity contribution in [3.63, 3.8) is 0 Å². The summed E-state index contributed by atoms with van der Waals surface area (Å²) < 4.78 is 1.51. The summed E-state index contributed by atoms with van der Waals surface area (Å²) in [6.45, 7) is 2.89. The Morgan fingerprint density at radius 2 is 2.24 bits per heavy atom. The van der Waals surface area contributed by atoms with E-state index in [9.17, 15) is 4.79 Å². The Hall–Kier alpha value is -2.60. The van der Waals surface area contributed by atoms with Gasteiger partial charge in [-0.15, -0.1) is 0 Å². The first-order valence-corrected chi connectivity index (χ1v) is 8.71. The average Bonchev–Trinajstić information content (AvgIpc) is 3.24. The molecule has 0 aliphatic carbocycles. The zero-order chi connectivity index (χ0) is 17.2. The number of piperidine rings is 1. The molecule has 0 bridgehead atoms. The van der Waals surface area contributed by atoms with Crippen LogP contribution in [0.1, 0.15) is 30.0 Å². The zero-order valence-corrected chi connectivity index (χ0v) is 14.1. The maximum absolute atomic E-state index is 10.8. The molecule has 1 aliphatic rings. The van der Waals surface area contributed by atoms with Crippen molar-refractivity contribution >= 4 is 16.9 Å². The fraction of sp³-hybridized carbons (Fsp3) is 0.368. The number of carbonyl (C=O) groups is 1. The van der Waals surface area contributed by atoms with Crippen LogP contribution in [0.2, 0.25) is 0 Å². The van der Waals surface area contributed by atoms with Gasteiger partial charge in [-0.05, 0) is 42.5 Å². The summed E-state index contributed by atoms with van der Waals surface area (Å²) in [5, 5.41) is 14.6. The lowest BCUT2D eigenvalue weighted by Crippen LogP contribution is -2.34. The number of aromatic nitrogens is 3. The highest BCUT2D eigenvalue weighted by Gasteiger charge is 2.23. The lowest BCUT2D eigenvalue weighted by Gasteiger charge is -2.32. The predicted molar refractivity (Wildman–Crippen MR) is 95.4 cm³/mol. The highest BCUT2D eigenvalue weighted by Crippen LogP contribution is 2.27. The van der Waals surface area contributed by atoms with Crippen LogP contribution in [-0.2, 0) is 17.9 Å². The lowest BCUT2D eigenvalue weighted by atomic mass is 9.94. The van der Waals surface area contributed by atoms with E-state index in [2.05, 4.69) is 39.2 Å². The number of carboxylic acids is 1. The number of aromatic amines is 1. The summed E-state index contributed by atoms with van der Waals surface area (Å²) in [4.78, 5) is 16.6. The molecule has 1 fully saturated rings. The summed E-state index contributed by atoms with van der Waals surface area (Å²) in [6.07, 6.45) is 5.99. The Labute approximate surface area is 146 Å². The second kappa shape index (κ2) is 6.72. The van der Waals surface area contributed by atoms with Crippen LogP contribution in [0.3, 0.4) is 0 Å². The molecule has 1 atom stereocenters. The van der Waals surface area contributed by atoms with Gasteiger partial charge >= 0.3 is 5.97 Å². The third-order valence-electron chi connectivity index (χ3n) is 4.95. The summed E-state index contributed by atoms with van der Waals surface area (Å²) in [6, 6.07) is 10.5. The number of benzene rings is 1. The minimum absolute atomic E-state index is 0.0781. The van der Waals surface area contributed by atoms with E-state index in [-0.39, 0.29) is 6.54 Å². The predicted octanol–water partition coefficient (Wildman–Crippen LogP) is 2.83. The molecule has 25 heavy (non-hydrogen) atoms. The number of likely N-dealkylation sites (tertiary alicyclic amines) is 1. The van der Waals surface area contributed by atoms with Crippen LogP contribution in [0.5, 0.6) is 0 Å². The van der Waals surface area contributed by atoms with Crippen LogP contribution in [0.4, 0.5) is 0 Å². The second-order valence-electron chi connectivity index (χ2n) is 6.77. The van der Waals surface area contributed by atoms with Crippen LogP contribution in [0, 0.1) is 0 Å². The van der Waals surface area contributed by atoms with Crippen molar-refractivity contribution < 1.29 is 9.90 Å². The van der Waals surface area contributed by atoms with E-state index in [1.54, 1.807) is 6.20 Å². The van der Waals surface area contributed by atoms with Gasteiger partial charge in [0.25, 0.3) is 0 Å². The molecule has 2 N–H and O–H groups in total. The molecule has 3 aromatic rings. The van der Waals surface area contributed by atoms with Gasteiger partial charge in [0.1, 0.15) is 6.54 Å². The van der Waals surface area contributed by atoms with E-state index in [0.29, 0.717) is 5.92 Å². The van der Waals surface area contributed by atoms with Gasteiger partial charge < -0.3 is 10.1 Å². The number of hydrogen-bond donors (Lipinski definition) is 2. The van der Waals surface area contributed by atoms with E-state index < -0.39 is 5.97 Å². The van der Waals surface area contributed by atoms with Crippen molar-refractivity contribution in [3.05, 3.63) is 54.0 Å². The van der Waals surface area contributed by atoms with Crippen LogP contribution < -0.4 is 0 Å². The number of nitrogens with one attached hydrogen (secondary N) is 1. The molecule has 6 nitrogen and oxygen atoms in total. The van der Waals surface area contributed by atoms with Crippen molar-refractivity contribution in [1.82, 2.24) is 19.7 Å². The number of aliphatic carboxylic acids is 1. The van der Waals surface area contributed by atoms with Gasteiger partial charge in [0, 0.05) is 36.9 Å². The Balaban J connectivity index is 1.46. The number of H-pyrrole nitrogens is 1. The van der Waals surface area contributed by atoms with E-state index in [0.717, 1.165) is 38.2 Å². The molecule has 1 aromatic carbocycles. The largest absolute Gasteiger partial charge is 0.480 e. The topological polar surface area (TPSA) is 74.2 Å². The molecule has 0 amide bonds. The second-order valence-corrected chi connectivity index (χ2v) is 6.77. The number of rotatable bonds is 5. The highest BCUT2D eigenvalue weighted by atomic mass is 16.4. The molecule has 0 saturated carbocycles. The van der Waals surface area contributed by atoms with Crippen molar-refractivity contribution in [1.29, 1.82) is 0 Å². The normalized spacial score (nSPS) is 18.6. The molecule has 6 heteroatoms. The van der Waals surface area contributed by atoms with Gasteiger partial charge in [-0.3, -0.25) is 14.4 Å². The summed E-state index contributed by atoms with van der Waals surface area (Å²) >= 11 is 0. The first-order chi connectivity index (χ1) is 12.2. The Morgan fingerprint density at radius 1 is 1.32 bits per heavy atom. The van der Waals surface area contributed by atoms with Gasteiger partial charge in [0.2, 0.25) is 0 Å². The molecule has 0 spiro atoms. The number of carboxylic acid groups (broad SMARTS) is 1. The van der Waals surface area contributed by atoms with Gasteiger partial charge in [-0.1, -0.05) is 18.2 Å². The minimum atomic E-state index is -0.862. The Bertz CT molecular complexity index is 882. The quantitative estimate of drug-likeness (QED) is 0.750. The molecule has 2 aromatic heterocycles. The third kappa shape index (κ3) is 3.44. The lowest BCUT2D eigenvalue weighted by molar-refractivity contribution is -0.137. The van der Waals surface area contributed by atoms with Crippen molar-refractivity contribution in [3.8, 4) is 0 Å². The Morgan fingerprint density at radius 3 is 3.12 bits per heavy atom. The summed E-state index contributed by atoms with van der Waals surface area (Å²) in [7, 11) is 0. The molecule has 0 unspecified atom stereocenters. The fourth-order valence-electron chi connectivity index (χ4n) is 3.78. The number of nitrogens with zero attached hydrogens (tertiary/aromatic N) is 3. The standard InChI is InChI=1S/C19H22N4O2/c24-18(25)13-23-10-7-17(21-23)15-5-2-9-22(11-15)12-16-4-1-3-14-6-8-20-19(14)16/h1,3-4,6-8,10,15,20H,2,5,9,11-13H2,(H,24,25)/t15-/m0/s1. The molecule has 0 radical (unpaired) electrons. The zero-order valence-electron chi connectivity index (χ0n) is 14.1. The van der Waals surface area contributed by atoms with E-state index in [1.807, 2.05) is 12.3 Å². The minimum Gasteiger partial charge on any atom is -0.480 e. The number of hydrogen-bond acceptors (Lipinski definition) is 3. The highest BCUT2D eigenvalue weighted by molar-refractivity contribution is 5.82. The first-order valence-electron chi connectivity index (χ1n) is 8.71. The number of para-hydroxylation sites is 1. The molecular weight excluding hydrogens is 316 g/mol. The molecule has 3 heterocycles. The van der Waals surface area contributed by atoms with E-state index >= 15 is 0 Å². The van der Waals surface area contributed by atoms with Crippen LogP contribution in [0.25, 0.3) is 10.9 Å². The smallest absolute Gasteiger partial charge is 0.325 e. The maximum atomic E-state index is 10.8. The first kappa shape index (κ1) is 15.9. The molecule has 1 aliphatic heterocycles. The summed E-state index contributed by atoms with van der Waals surface area (Å²) in [5.41, 5.74) is 3.54. The van der Waals surface area contributed by atoms with Crippen molar-refractivity contribution in [2.75, 3.05) is 13.1 Å². The number of fused-ring (bicyclic) bond motifs is 1. The van der Waals surface area contributed by atoms with Crippen molar-refractivity contribution in [2.24, 2.45) is 0 Å². The SMILES string of the molecule is O=C(O)Cn1ccc([C@H]2CCCN(Cc3cccc4cc[nH]c34)C2)n1. The fourth-order valence-corrected chi connectivity index (χ4v) is 3.78.